The molecule has 0 aromatic rings. The van der Waals surface area contributed by atoms with E-state index in [1.165, 1.54) is 18.9 Å². The molecular formula is C15H29NO2. The highest BCUT2D eigenvalue weighted by Crippen LogP contribution is 2.13. The van der Waals surface area contributed by atoms with E-state index in [9.17, 15) is 4.79 Å². The van der Waals surface area contributed by atoms with Crippen molar-refractivity contribution in [3.63, 3.8) is 0 Å². The van der Waals surface area contributed by atoms with Crippen molar-refractivity contribution in [3.05, 3.63) is 12.7 Å². The minimum Gasteiger partial charge on any atom is -0.443 e. The SMILES string of the molecule is C=CC(=O)OC(CCCCC)N(CCC)CCC. The molecule has 0 radical (unpaired) electrons. The fourth-order valence-corrected chi connectivity index (χ4v) is 2.04. The van der Waals surface area contributed by atoms with Gasteiger partial charge in [0.1, 0.15) is 0 Å². The highest BCUT2D eigenvalue weighted by Gasteiger charge is 2.19. The number of rotatable bonds is 11. The first-order valence-corrected chi connectivity index (χ1v) is 7.26. The third kappa shape index (κ3) is 7.49. The Kier molecular flexibility index (Phi) is 10.8. The molecule has 3 heteroatoms. The Morgan fingerprint density at radius 1 is 1.17 bits per heavy atom. The molecule has 1 atom stereocenters. The van der Waals surface area contributed by atoms with Crippen molar-refractivity contribution in [1.29, 1.82) is 0 Å². The molecule has 18 heavy (non-hydrogen) atoms. The normalized spacial score (nSPS) is 12.4. The largest absolute Gasteiger partial charge is 0.443 e. The van der Waals surface area contributed by atoms with Crippen molar-refractivity contribution in [2.75, 3.05) is 13.1 Å². The molecule has 0 amide bonds. The molecule has 1 unspecified atom stereocenters. The molecular weight excluding hydrogens is 226 g/mol. The number of carbonyl (C=O) groups is 1. The maximum Gasteiger partial charge on any atom is 0.331 e. The lowest BCUT2D eigenvalue weighted by atomic mass is 10.1. The van der Waals surface area contributed by atoms with Crippen LogP contribution in [0.2, 0.25) is 0 Å². The highest BCUT2D eigenvalue weighted by molar-refractivity contribution is 5.81. The fraction of sp³-hybridized carbons (Fsp3) is 0.800. The van der Waals surface area contributed by atoms with Crippen LogP contribution in [-0.2, 0) is 9.53 Å². The van der Waals surface area contributed by atoms with Crippen LogP contribution >= 0.6 is 0 Å². The molecule has 0 saturated heterocycles. The van der Waals surface area contributed by atoms with Gasteiger partial charge in [0.15, 0.2) is 6.23 Å². The highest BCUT2D eigenvalue weighted by atomic mass is 16.6. The summed E-state index contributed by atoms with van der Waals surface area (Å²) in [5, 5.41) is 0. The molecule has 106 valence electrons. The Labute approximate surface area is 112 Å². The maximum absolute atomic E-state index is 11.4. The monoisotopic (exact) mass is 255 g/mol. The molecule has 0 aromatic heterocycles. The van der Waals surface area contributed by atoms with E-state index in [2.05, 4.69) is 32.3 Å². The van der Waals surface area contributed by atoms with Crippen LogP contribution in [0.25, 0.3) is 0 Å². The van der Waals surface area contributed by atoms with E-state index >= 15 is 0 Å². The molecule has 0 aliphatic rings. The van der Waals surface area contributed by atoms with Crippen LogP contribution in [-0.4, -0.2) is 30.2 Å². The summed E-state index contributed by atoms with van der Waals surface area (Å²) in [6.07, 6.45) is 7.73. The van der Waals surface area contributed by atoms with Gasteiger partial charge in [0.05, 0.1) is 0 Å². The predicted molar refractivity (Wildman–Crippen MR) is 76.4 cm³/mol. The topological polar surface area (TPSA) is 29.5 Å². The van der Waals surface area contributed by atoms with Crippen molar-refractivity contribution in [2.24, 2.45) is 0 Å². The van der Waals surface area contributed by atoms with Gasteiger partial charge in [0.2, 0.25) is 0 Å². The lowest BCUT2D eigenvalue weighted by Crippen LogP contribution is -2.39. The summed E-state index contributed by atoms with van der Waals surface area (Å²) in [5.41, 5.74) is 0. The molecule has 0 aromatic carbocycles. The van der Waals surface area contributed by atoms with Gasteiger partial charge in [0.25, 0.3) is 0 Å². The van der Waals surface area contributed by atoms with Gasteiger partial charge in [-0.05, 0) is 25.7 Å². The van der Waals surface area contributed by atoms with Gasteiger partial charge in [-0.15, -0.1) is 0 Å². The zero-order valence-electron chi connectivity index (χ0n) is 12.3. The van der Waals surface area contributed by atoms with Crippen LogP contribution in [0.4, 0.5) is 0 Å². The van der Waals surface area contributed by atoms with Crippen LogP contribution in [0.3, 0.4) is 0 Å². The van der Waals surface area contributed by atoms with E-state index in [1.54, 1.807) is 0 Å². The van der Waals surface area contributed by atoms with E-state index in [-0.39, 0.29) is 12.2 Å². The van der Waals surface area contributed by atoms with E-state index in [0.717, 1.165) is 38.8 Å². The van der Waals surface area contributed by atoms with Gasteiger partial charge in [-0.2, -0.15) is 0 Å². The van der Waals surface area contributed by atoms with Gasteiger partial charge in [-0.25, -0.2) is 4.79 Å². The number of hydrogen-bond acceptors (Lipinski definition) is 3. The Hall–Kier alpha value is -0.830. The Morgan fingerprint density at radius 2 is 1.78 bits per heavy atom. The number of carbonyl (C=O) groups excluding carboxylic acids is 1. The van der Waals surface area contributed by atoms with Crippen LogP contribution in [0.1, 0.15) is 59.3 Å². The summed E-state index contributed by atoms with van der Waals surface area (Å²) in [4.78, 5) is 13.7. The molecule has 0 saturated carbocycles. The first kappa shape index (κ1) is 17.2. The smallest absolute Gasteiger partial charge is 0.331 e. The van der Waals surface area contributed by atoms with Crippen molar-refractivity contribution in [3.8, 4) is 0 Å². The van der Waals surface area contributed by atoms with E-state index in [1.807, 2.05) is 0 Å². The molecule has 0 heterocycles. The van der Waals surface area contributed by atoms with E-state index in [4.69, 9.17) is 4.74 Å². The second kappa shape index (κ2) is 11.3. The van der Waals surface area contributed by atoms with Crippen molar-refractivity contribution < 1.29 is 9.53 Å². The van der Waals surface area contributed by atoms with E-state index in [0.29, 0.717) is 0 Å². The van der Waals surface area contributed by atoms with Crippen molar-refractivity contribution >= 4 is 5.97 Å². The first-order chi connectivity index (χ1) is 8.69. The minimum absolute atomic E-state index is 0.0815. The second-order valence-corrected chi connectivity index (χ2v) is 4.63. The quantitative estimate of drug-likeness (QED) is 0.244. The number of hydrogen-bond donors (Lipinski definition) is 0. The Bertz CT molecular complexity index is 223. The maximum atomic E-state index is 11.4. The zero-order chi connectivity index (χ0) is 13.8. The molecule has 0 aliphatic heterocycles. The third-order valence-corrected chi connectivity index (χ3v) is 2.90. The average Bonchev–Trinajstić information content (AvgIpc) is 2.37. The molecule has 0 aliphatic carbocycles. The summed E-state index contributed by atoms with van der Waals surface area (Å²) in [6.45, 7) is 11.9. The minimum atomic E-state index is -0.311. The number of nitrogens with zero attached hydrogens (tertiary/aromatic N) is 1. The summed E-state index contributed by atoms with van der Waals surface area (Å²) in [5.74, 6) is -0.311. The third-order valence-electron chi connectivity index (χ3n) is 2.90. The van der Waals surface area contributed by atoms with Gasteiger partial charge < -0.3 is 4.74 Å². The van der Waals surface area contributed by atoms with Crippen molar-refractivity contribution in [1.82, 2.24) is 4.90 Å². The Balaban J connectivity index is 4.45. The number of ether oxygens (including phenoxy) is 1. The summed E-state index contributed by atoms with van der Waals surface area (Å²) in [7, 11) is 0. The fourth-order valence-electron chi connectivity index (χ4n) is 2.04. The zero-order valence-corrected chi connectivity index (χ0v) is 12.3. The predicted octanol–water partition coefficient (Wildman–Crippen LogP) is 3.74. The molecule has 0 bridgehead atoms. The lowest BCUT2D eigenvalue weighted by Gasteiger charge is -2.30. The van der Waals surface area contributed by atoms with Gasteiger partial charge in [-0.3, -0.25) is 4.90 Å². The van der Waals surface area contributed by atoms with E-state index < -0.39 is 0 Å². The molecule has 0 N–H and O–H groups in total. The average molecular weight is 255 g/mol. The molecule has 0 rings (SSSR count). The number of unbranched alkanes of at least 4 members (excludes halogenated alkanes) is 2. The number of esters is 1. The molecule has 3 nitrogen and oxygen atoms in total. The Morgan fingerprint density at radius 3 is 2.22 bits per heavy atom. The summed E-state index contributed by atoms with van der Waals surface area (Å²) < 4.78 is 5.48. The van der Waals surface area contributed by atoms with Crippen LogP contribution in [0, 0.1) is 0 Å². The second-order valence-electron chi connectivity index (χ2n) is 4.63. The van der Waals surface area contributed by atoms with Gasteiger partial charge >= 0.3 is 5.97 Å². The van der Waals surface area contributed by atoms with Gasteiger partial charge in [0, 0.05) is 19.2 Å². The van der Waals surface area contributed by atoms with Crippen LogP contribution in [0.15, 0.2) is 12.7 Å². The van der Waals surface area contributed by atoms with Gasteiger partial charge in [-0.1, -0.05) is 40.2 Å². The van der Waals surface area contributed by atoms with Crippen LogP contribution < -0.4 is 0 Å². The first-order valence-electron chi connectivity index (χ1n) is 7.26. The molecule has 0 fully saturated rings. The lowest BCUT2D eigenvalue weighted by molar-refractivity contribution is -0.154. The standard InChI is InChI=1S/C15H29NO2/c1-5-9-10-11-14(18-15(17)8-4)16(12-6-2)13-7-3/h8,14H,4-7,9-13H2,1-3H3. The molecule has 0 spiro atoms. The van der Waals surface area contributed by atoms with Crippen LogP contribution in [0.5, 0.6) is 0 Å². The summed E-state index contributed by atoms with van der Waals surface area (Å²) in [6, 6.07) is 0. The van der Waals surface area contributed by atoms with Crippen molar-refractivity contribution in [2.45, 2.75) is 65.5 Å². The summed E-state index contributed by atoms with van der Waals surface area (Å²) >= 11 is 0.